The van der Waals surface area contributed by atoms with Crippen molar-refractivity contribution < 1.29 is 19.4 Å². The number of hydrogen-bond donors (Lipinski definition) is 1. The summed E-state index contributed by atoms with van der Waals surface area (Å²) in [6.45, 7) is 17.0. The molecule has 0 saturated heterocycles. The minimum absolute atomic E-state index is 0.0122. The van der Waals surface area contributed by atoms with E-state index in [4.69, 9.17) is 9.47 Å². The van der Waals surface area contributed by atoms with Crippen LogP contribution in [-0.2, 0) is 14.9 Å². The lowest BCUT2D eigenvalue weighted by atomic mass is 9.79. The van der Waals surface area contributed by atoms with E-state index in [9.17, 15) is 9.90 Å². The molecular weight excluding hydrogens is 424 g/mol. The van der Waals surface area contributed by atoms with E-state index in [1.807, 2.05) is 26.8 Å². The van der Waals surface area contributed by atoms with Gasteiger partial charge in [-0.2, -0.15) is 0 Å². The van der Waals surface area contributed by atoms with Crippen LogP contribution in [0.3, 0.4) is 0 Å². The third kappa shape index (κ3) is 8.36. The Hall–Kier alpha value is -1.97. The van der Waals surface area contributed by atoms with Gasteiger partial charge in [-0.15, -0.1) is 0 Å². The van der Waals surface area contributed by atoms with Gasteiger partial charge >= 0.3 is 5.97 Å². The number of carbonyl (C=O) groups excluding carboxylic acids is 1. The molecule has 4 heteroatoms. The van der Waals surface area contributed by atoms with Crippen molar-refractivity contribution in [3.05, 3.63) is 35.4 Å². The van der Waals surface area contributed by atoms with Gasteiger partial charge in [0.25, 0.3) is 0 Å². The zero-order chi connectivity index (χ0) is 25.6. The fourth-order valence-corrected chi connectivity index (χ4v) is 4.58. The maximum atomic E-state index is 12.1. The molecule has 1 aromatic rings. The van der Waals surface area contributed by atoms with Gasteiger partial charge in [-0.05, 0) is 89.0 Å². The zero-order valence-electron chi connectivity index (χ0n) is 22.9. The van der Waals surface area contributed by atoms with Crippen molar-refractivity contribution in [1.29, 1.82) is 0 Å². The van der Waals surface area contributed by atoms with Crippen molar-refractivity contribution in [1.82, 2.24) is 0 Å². The second kappa shape index (κ2) is 11.6. The molecule has 192 valence electrons. The number of esters is 1. The summed E-state index contributed by atoms with van der Waals surface area (Å²) in [6.07, 6.45) is 11.0. The van der Waals surface area contributed by atoms with Crippen molar-refractivity contribution in [3.63, 3.8) is 0 Å². The average molecular weight is 473 g/mol. The van der Waals surface area contributed by atoms with Crippen LogP contribution in [0.5, 0.6) is 11.5 Å². The summed E-state index contributed by atoms with van der Waals surface area (Å²) in [7, 11) is 0. The van der Waals surface area contributed by atoms with E-state index in [0.717, 1.165) is 37.0 Å². The zero-order valence-corrected chi connectivity index (χ0v) is 22.9. The Labute approximate surface area is 208 Å². The number of ether oxygens (including phenoxy) is 2. The molecular formula is C30H48O4. The van der Waals surface area contributed by atoms with E-state index >= 15 is 0 Å². The van der Waals surface area contributed by atoms with Gasteiger partial charge in [0.05, 0.1) is 5.41 Å². The van der Waals surface area contributed by atoms with Crippen molar-refractivity contribution in [2.24, 2.45) is 11.3 Å². The smallest absolute Gasteiger partial charge is 0.311 e. The first-order valence-electron chi connectivity index (χ1n) is 13.1. The topological polar surface area (TPSA) is 55.8 Å². The molecule has 34 heavy (non-hydrogen) atoms. The Morgan fingerprint density at radius 2 is 1.74 bits per heavy atom. The van der Waals surface area contributed by atoms with Crippen molar-refractivity contribution >= 4 is 5.97 Å². The van der Waals surface area contributed by atoms with Crippen LogP contribution in [0.1, 0.15) is 112 Å². The molecule has 1 aliphatic carbocycles. The standard InChI is InChI=1S/C30H48O4/c1-9-10-11-12-17-29(5,6)24-18-25(31)20-26(19-24)34-30(7,8)23-15-13-22(14-16-23)21-33-27(32)28(2,3)4/h13,18-20,23,31H,9-12,14-17,21H2,1-8H3/t23-/m0/s1. The minimum atomic E-state index is -0.474. The summed E-state index contributed by atoms with van der Waals surface area (Å²) >= 11 is 0. The molecule has 0 unspecified atom stereocenters. The van der Waals surface area contributed by atoms with Gasteiger partial charge in [-0.3, -0.25) is 4.79 Å². The van der Waals surface area contributed by atoms with Gasteiger partial charge in [0.2, 0.25) is 0 Å². The van der Waals surface area contributed by atoms with Gasteiger partial charge < -0.3 is 14.6 Å². The number of benzene rings is 1. The highest BCUT2D eigenvalue weighted by Crippen LogP contribution is 2.39. The van der Waals surface area contributed by atoms with Gasteiger partial charge in [0.15, 0.2) is 0 Å². The normalized spacial score (nSPS) is 17.3. The number of carbonyl (C=O) groups is 1. The van der Waals surface area contributed by atoms with E-state index in [2.05, 4.69) is 46.8 Å². The van der Waals surface area contributed by atoms with Gasteiger partial charge in [0.1, 0.15) is 23.7 Å². The third-order valence-electron chi connectivity index (χ3n) is 7.20. The fourth-order valence-electron chi connectivity index (χ4n) is 4.58. The quantitative estimate of drug-likeness (QED) is 0.201. The monoisotopic (exact) mass is 472 g/mol. The predicted molar refractivity (Wildman–Crippen MR) is 140 cm³/mol. The average Bonchev–Trinajstić information content (AvgIpc) is 2.74. The molecule has 0 bridgehead atoms. The summed E-state index contributed by atoms with van der Waals surface area (Å²) in [5.74, 6) is 1.18. The molecule has 1 aliphatic rings. The van der Waals surface area contributed by atoms with E-state index in [1.165, 1.54) is 31.3 Å². The minimum Gasteiger partial charge on any atom is -0.508 e. The number of aromatic hydroxyl groups is 1. The molecule has 0 aromatic heterocycles. The Morgan fingerprint density at radius 1 is 1.03 bits per heavy atom. The van der Waals surface area contributed by atoms with E-state index < -0.39 is 5.41 Å². The van der Waals surface area contributed by atoms with E-state index in [1.54, 1.807) is 6.07 Å². The molecule has 0 heterocycles. The first kappa shape index (κ1) is 28.3. The highest BCUT2D eigenvalue weighted by molar-refractivity contribution is 5.75. The third-order valence-corrected chi connectivity index (χ3v) is 7.20. The molecule has 4 nitrogen and oxygen atoms in total. The number of phenols is 1. The Bertz CT molecular complexity index is 842. The highest BCUT2D eigenvalue weighted by atomic mass is 16.5. The van der Waals surface area contributed by atoms with Crippen LogP contribution in [0.25, 0.3) is 0 Å². The molecule has 0 spiro atoms. The molecule has 0 aliphatic heterocycles. The molecule has 0 radical (unpaired) electrons. The molecule has 2 rings (SSSR count). The SMILES string of the molecule is CCCCCCC(C)(C)c1cc(O)cc(OC(C)(C)[C@H]2CC=C(COC(=O)C(C)(C)C)CC2)c1. The Balaban J connectivity index is 2.02. The van der Waals surface area contributed by atoms with Gasteiger partial charge in [0, 0.05) is 12.0 Å². The van der Waals surface area contributed by atoms with Crippen LogP contribution < -0.4 is 4.74 Å². The van der Waals surface area contributed by atoms with Crippen molar-refractivity contribution in [2.45, 2.75) is 118 Å². The van der Waals surface area contributed by atoms with E-state index in [0.29, 0.717) is 12.5 Å². The van der Waals surface area contributed by atoms with Crippen LogP contribution in [0, 0.1) is 11.3 Å². The largest absolute Gasteiger partial charge is 0.508 e. The van der Waals surface area contributed by atoms with Gasteiger partial charge in [-0.25, -0.2) is 0 Å². The summed E-state index contributed by atoms with van der Waals surface area (Å²) in [5, 5.41) is 10.4. The molecule has 0 saturated carbocycles. The van der Waals surface area contributed by atoms with Crippen LogP contribution >= 0.6 is 0 Å². The summed E-state index contributed by atoms with van der Waals surface area (Å²) in [6, 6.07) is 5.72. The molecule has 1 N–H and O–H groups in total. The number of allylic oxidation sites excluding steroid dienone is 1. The van der Waals surface area contributed by atoms with Crippen LogP contribution in [0.2, 0.25) is 0 Å². The summed E-state index contributed by atoms with van der Waals surface area (Å²) in [4.78, 5) is 12.1. The lowest BCUT2D eigenvalue weighted by molar-refractivity contribution is -0.152. The first-order chi connectivity index (χ1) is 15.7. The van der Waals surface area contributed by atoms with E-state index in [-0.39, 0.29) is 22.7 Å². The predicted octanol–water partition coefficient (Wildman–Crippen LogP) is 8.11. The van der Waals surface area contributed by atoms with Crippen LogP contribution in [-0.4, -0.2) is 23.3 Å². The number of hydrogen-bond acceptors (Lipinski definition) is 4. The highest BCUT2D eigenvalue weighted by Gasteiger charge is 2.34. The summed E-state index contributed by atoms with van der Waals surface area (Å²) in [5.41, 5.74) is 1.45. The van der Waals surface area contributed by atoms with Crippen molar-refractivity contribution in [3.8, 4) is 11.5 Å². The van der Waals surface area contributed by atoms with Gasteiger partial charge in [-0.1, -0.05) is 52.5 Å². The molecule has 0 fully saturated rings. The maximum Gasteiger partial charge on any atom is 0.311 e. The second-order valence-electron chi connectivity index (χ2n) is 12.3. The number of phenolic OH excluding ortho intramolecular Hbond substituents is 1. The first-order valence-corrected chi connectivity index (χ1v) is 13.1. The van der Waals surface area contributed by atoms with Crippen molar-refractivity contribution in [2.75, 3.05) is 6.61 Å². The number of unbranched alkanes of at least 4 members (excludes halogenated alkanes) is 3. The maximum absolute atomic E-state index is 12.1. The van der Waals surface area contributed by atoms with Crippen LogP contribution in [0.4, 0.5) is 0 Å². The van der Waals surface area contributed by atoms with Crippen LogP contribution in [0.15, 0.2) is 29.8 Å². The Morgan fingerprint density at radius 3 is 2.32 bits per heavy atom. The summed E-state index contributed by atoms with van der Waals surface area (Å²) < 4.78 is 12.0. The lowest BCUT2D eigenvalue weighted by Gasteiger charge is -2.37. The number of rotatable bonds is 11. The fraction of sp³-hybridized carbons (Fsp3) is 0.700. The molecule has 1 atom stereocenters. The second-order valence-corrected chi connectivity index (χ2v) is 12.3. The lowest BCUT2D eigenvalue weighted by Crippen LogP contribution is -2.38. The Kier molecular flexibility index (Phi) is 9.68. The molecule has 1 aromatic carbocycles. The molecule has 0 amide bonds.